The van der Waals surface area contributed by atoms with Crippen LogP contribution >= 0.6 is 0 Å². The van der Waals surface area contributed by atoms with Crippen LogP contribution in [0.2, 0.25) is 0 Å². The Hall–Kier alpha value is -1.79. The Morgan fingerprint density at radius 3 is 2.35 bits per heavy atom. The van der Waals surface area contributed by atoms with Crippen LogP contribution in [0.5, 0.6) is 0 Å². The van der Waals surface area contributed by atoms with E-state index in [1.165, 1.54) is 34.5 Å². The van der Waals surface area contributed by atoms with Crippen LogP contribution in [0, 0.1) is 0 Å². The third-order valence-corrected chi connectivity index (χ3v) is 3.17. The summed E-state index contributed by atoms with van der Waals surface area (Å²) in [6.07, 6.45) is 3.55. The highest BCUT2D eigenvalue weighted by Crippen LogP contribution is 2.37. The summed E-state index contributed by atoms with van der Waals surface area (Å²) in [6, 6.07) is 0. The van der Waals surface area contributed by atoms with Gasteiger partial charge in [0.25, 0.3) is 0 Å². The maximum absolute atomic E-state index is 10.8. The number of carbonyl (C=O) groups is 1. The van der Waals surface area contributed by atoms with Crippen molar-refractivity contribution in [3.8, 4) is 0 Å². The van der Waals surface area contributed by atoms with Crippen molar-refractivity contribution in [2.75, 3.05) is 28.4 Å². The van der Waals surface area contributed by atoms with Crippen LogP contribution in [0.4, 0.5) is 0 Å². The maximum Gasteiger partial charge on any atom is 0.328 e. The highest BCUT2D eigenvalue weighted by atomic mass is 16.6. The molecular weight excluding hydrogens is 264 g/mol. The second-order valence-corrected chi connectivity index (χ2v) is 4.27. The molecule has 1 rings (SSSR count). The van der Waals surface area contributed by atoms with E-state index in [1.54, 1.807) is 6.08 Å². The Kier molecular flexibility index (Phi) is 5.35. The molecule has 0 aromatic carbocycles. The van der Waals surface area contributed by atoms with Gasteiger partial charge in [0.15, 0.2) is 17.6 Å². The molecule has 0 saturated heterocycles. The summed E-state index contributed by atoms with van der Waals surface area (Å²) >= 11 is 0. The molecule has 2 unspecified atom stereocenters. The predicted octanol–water partition coefficient (Wildman–Crippen LogP) is 1.49. The van der Waals surface area contributed by atoms with E-state index in [9.17, 15) is 4.79 Å². The van der Waals surface area contributed by atoms with Crippen LogP contribution < -0.4 is 0 Å². The molecule has 0 aromatic rings. The second-order valence-electron chi connectivity index (χ2n) is 4.27. The Morgan fingerprint density at radius 1 is 1.30 bits per heavy atom. The summed E-state index contributed by atoms with van der Waals surface area (Å²) in [4.78, 5) is 10.8. The highest BCUT2D eigenvalue weighted by Gasteiger charge is 2.44. The first kappa shape index (κ1) is 16.3. The number of aliphatic carboxylic acids is 1. The average Bonchev–Trinajstić information content (AvgIpc) is 2.43. The van der Waals surface area contributed by atoms with Gasteiger partial charge >= 0.3 is 5.97 Å². The summed E-state index contributed by atoms with van der Waals surface area (Å²) in [7, 11) is 6.01. The third kappa shape index (κ3) is 2.86. The lowest BCUT2D eigenvalue weighted by atomic mass is 9.86. The van der Waals surface area contributed by atoms with Crippen molar-refractivity contribution in [2.24, 2.45) is 0 Å². The molecule has 20 heavy (non-hydrogen) atoms. The van der Waals surface area contributed by atoms with Gasteiger partial charge in [0.05, 0.1) is 14.2 Å². The molecule has 0 amide bonds. The zero-order chi connectivity index (χ0) is 15.3. The lowest BCUT2D eigenvalue weighted by Crippen LogP contribution is -2.46. The lowest BCUT2D eigenvalue weighted by molar-refractivity contribution is -0.131. The van der Waals surface area contributed by atoms with Gasteiger partial charge in [0.2, 0.25) is 0 Å². The van der Waals surface area contributed by atoms with Crippen LogP contribution in [-0.4, -0.2) is 51.2 Å². The summed E-state index contributed by atoms with van der Waals surface area (Å²) in [5.74, 6) is -0.0644. The van der Waals surface area contributed by atoms with Gasteiger partial charge in [-0.1, -0.05) is 0 Å². The van der Waals surface area contributed by atoms with Crippen molar-refractivity contribution in [3.63, 3.8) is 0 Å². The van der Waals surface area contributed by atoms with Crippen LogP contribution in [0.1, 0.15) is 6.92 Å². The maximum atomic E-state index is 10.8. The van der Waals surface area contributed by atoms with E-state index in [0.717, 1.165) is 11.6 Å². The zero-order valence-electron chi connectivity index (χ0n) is 12.3. The number of carboxylic acid groups (broad SMARTS) is 1. The molecule has 0 bridgehead atoms. The van der Waals surface area contributed by atoms with Crippen molar-refractivity contribution < 1.29 is 28.8 Å². The Bertz CT molecular complexity index is 462. The molecule has 6 heteroatoms. The van der Waals surface area contributed by atoms with Gasteiger partial charge in [0, 0.05) is 20.3 Å². The van der Waals surface area contributed by atoms with Gasteiger partial charge in [0.1, 0.15) is 5.60 Å². The fraction of sp³-hybridized carbons (Fsp3) is 0.500. The van der Waals surface area contributed by atoms with E-state index in [1.807, 2.05) is 6.92 Å². The predicted molar refractivity (Wildman–Crippen MR) is 72.1 cm³/mol. The molecule has 1 aliphatic rings. The molecule has 0 radical (unpaired) electrons. The van der Waals surface area contributed by atoms with Crippen molar-refractivity contribution >= 4 is 5.97 Å². The number of hydrogen-bond acceptors (Lipinski definition) is 5. The number of ether oxygens (including phenoxy) is 4. The van der Waals surface area contributed by atoms with E-state index < -0.39 is 17.7 Å². The smallest absolute Gasteiger partial charge is 0.328 e. The van der Waals surface area contributed by atoms with Crippen molar-refractivity contribution in [3.05, 3.63) is 35.3 Å². The normalized spacial score (nSPS) is 26.6. The number of hydrogen-bond donors (Lipinski definition) is 1. The first-order valence-electron chi connectivity index (χ1n) is 5.97. The molecule has 2 atom stereocenters. The standard InChI is InChI=1S/C14H20O6/c1-9-8-14(20-5,7-6-10(15)16)13(19-4)12(18-3)11(9)17-2/h6-8,13H,1-5H3,(H,15,16)/b7-6+. The van der Waals surface area contributed by atoms with Crippen LogP contribution in [0.3, 0.4) is 0 Å². The summed E-state index contributed by atoms with van der Waals surface area (Å²) in [5, 5.41) is 8.83. The monoisotopic (exact) mass is 284 g/mol. The number of methoxy groups -OCH3 is 4. The fourth-order valence-corrected chi connectivity index (χ4v) is 2.32. The van der Waals surface area contributed by atoms with Crippen LogP contribution in [0.15, 0.2) is 35.3 Å². The van der Waals surface area contributed by atoms with Crippen LogP contribution in [-0.2, 0) is 23.7 Å². The molecule has 0 saturated carbocycles. The molecule has 6 nitrogen and oxygen atoms in total. The molecule has 1 N–H and O–H groups in total. The average molecular weight is 284 g/mol. The zero-order valence-corrected chi connectivity index (χ0v) is 12.3. The quantitative estimate of drug-likeness (QED) is 0.745. The number of allylic oxidation sites excluding steroid dienone is 1. The highest BCUT2D eigenvalue weighted by molar-refractivity contribution is 5.80. The fourth-order valence-electron chi connectivity index (χ4n) is 2.32. The lowest BCUT2D eigenvalue weighted by Gasteiger charge is -2.38. The topological polar surface area (TPSA) is 74.2 Å². The van der Waals surface area contributed by atoms with E-state index in [2.05, 4.69) is 0 Å². The molecule has 0 spiro atoms. The van der Waals surface area contributed by atoms with E-state index >= 15 is 0 Å². The number of rotatable bonds is 6. The minimum atomic E-state index is -1.07. The molecule has 0 aromatic heterocycles. The second kappa shape index (κ2) is 6.58. The Labute approximate surface area is 118 Å². The van der Waals surface area contributed by atoms with E-state index in [0.29, 0.717) is 11.5 Å². The molecule has 1 aliphatic carbocycles. The van der Waals surface area contributed by atoms with E-state index in [4.69, 9.17) is 24.1 Å². The molecule has 0 fully saturated rings. The van der Waals surface area contributed by atoms with Gasteiger partial charge in [-0.05, 0) is 24.6 Å². The minimum Gasteiger partial charge on any atom is -0.494 e. The van der Waals surface area contributed by atoms with Crippen LogP contribution in [0.25, 0.3) is 0 Å². The van der Waals surface area contributed by atoms with Gasteiger partial charge in [-0.25, -0.2) is 4.79 Å². The first-order chi connectivity index (χ1) is 9.45. The molecular formula is C14H20O6. The van der Waals surface area contributed by atoms with Gasteiger partial charge < -0.3 is 24.1 Å². The molecule has 0 heterocycles. The van der Waals surface area contributed by atoms with Crippen molar-refractivity contribution in [1.82, 2.24) is 0 Å². The van der Waals surface area contributed by atoms with Crippen molar-refractivity contribution in [1.29, 1.82) is 0 Å². The number of carboxylic acids is 1. The molecule has 112 valence electrons. The van der Waals surface area contributed by atoms with Gasteiger partial charge in [-0.3, -0.25) is 0 Å². The van der Waals surface area contributed by atoms with Crippen molar-refractivity contribution in [2.45, 2.75) is 18.6 Å². The SMILES string of the molecule is COC1=C(OC)C(OC)C(/C=C/C(=O)O)(OC)C=C1C. The van der Waals surface area contributed by atoms with Gasteiger partial charge in [-0.15, -0.1) is 0 Å². The Balaban J connectivity index is 3.40. The van der Waals surface area contributed by atoms with Gasteiger partial charge in [-0.2, -0.15) is 0 Å². The Morgan fingerprint density at radius 2 is 1.95 bits per heavy atom. The minimum absolute atomic E-state index is 0.451. The summed E-state index contributed by atoms with van der Waals surface area (Å²) < 4.78 is 21.6. The van der Waals surface area contributed by atoms with E-state index in [-0.39, 0.29) is 0 Å². The first-order valence-corrected chi connectivity index (χ1v) is 5.97. The molecule has 0 aliphatic heterocycles. The summed E-state index contributed by atoms with van der Waals surface area (Å²) in [6.45, 7) is 1.83. The largest absolute Gasteiger partial charge is 0.494 e. The summed E-state index contributed by atoms with van der Waals surface area (Å²) in [5.41, 5.74) is -0.292. The third-order valence-electron chi connectivity index (χ3n) is 3.17.